The molecule has 0 saturated heterocycles. The van der Waals surface area contributed by atoms with Gasteiger partial charge in [-0.3, -0.25) is 9.00 Å². The predicted molar refractivity (Wildman–Crippen MR) is 75.2 cm³/mol. The average Bonchev–Trinajstić information content (AvgIpc) is 2.90. The van der Waals surface area contributed by atoms with Crippen molar-refractivity contribution in [1.82, 2.24) is 0 Å². The minimum absolute atomic E-state index is 0.107. The molecular formula is C15H20O2S. The summed E-state index contributed by atoms with van der Waals surface area (Å²) >= 11 is 0. The summed E-state index contributed by atoms with van der Waals surface area (Å²) in [7, 11) is -0.825. The first-order chi connectivity index (χ1) is 8.75. The Bertz CT molecular complexity index is 408. The Hall–Kier alpha value is -0.960. The van der Waals surface area contributed by atoms with Gasteiger partial charge in [-0.25, -0.2) is 0 Å². The van der Waals surface area contributed by atoms with Gasteiger partial charge in [-0.1, -0.05) is 43.2 Å². The Balaban J connectivity index is 1.74. The lowest BCUT2D eigenvalue weighted by atomic mass is 10.1. The van der Waals surface area contributed by atoms with Crippen molar-refractivity contribution in [1.29, 1.82) is 0 Å². The maximum absolute atomic E-state index is 11.9. The molecule has 0 radical (unpaired) electrons. The molecule has 0 aromatic heterocycles. The van der Waals surface area contributed by atoms with Crippen molar-refractivity contribution in [2.75, 3.05) is 11.5 Å². The van der Waals surface area contributed by atoms with Gasteiger partial charge in [0.15, 0.2) is 5.78 Å². The van der Waals surface area contributed by atoms with Crippen molar-refractivity contribution in [2.24, 2.45) is 5.92 Å². The van der Waals surface area contributed by atoms with Gasteiger partial charge in [-0.2, -0.15) is 0 Å². The van der Waals surface area contributed by atoms with E-state index in [4.69, 9.17) is 0 Å². The normalized spacial score (nSPS) is 17.8. The monoisotopic (exact) mass is 264 g/mol. The lowest BCUT2D eigenvalue weighted by Gasteiger charge is -2.08. The van der Waals surface area contributed by atoms with Gasteiger partial charge in [0.05, 0.1) is 0 Å². The lowest BCUT2D eigenvalue weighted by Crippen LogP contribution is -2.13. The fourth-order valence-corrected chi connectivity index (χ4v) is 3.94. The van der Waals surface area contributed by atoms with Crippen molar-refractivity contribution in [3.8, 4) is 0 Å². The molecule has 1 aliphatic rings. The van der Waals surface area contributed by atoms with Gasteiger partial charge in [0.25, 0.3) is 0 Å². The highest BCUT2D eigenvalue weighted by molar-refractivity contribution is 7.85. The van der Waals surface area contributed by atoms with E-state index in [0.717, 1.165) is 11.3 Å². The van der Waals surface area contributed by atoms with Crippen molar-refractivity contribution < 1.29 is 9.00 Å². The van der Waals surface area contributed by atoms with Crippen LogP contribution < -0.4 is 0 Å². The zero-order valence-electron chi connectivity index (χ0n) is 10.6. The minimum atomic E-state index is -0.825. The van der Waals surface area contributed by atoms with Crippen LogP contribution in [0.4, 0.5) is 0 Å². The number of carbonyl (C=O) groups is 1. The third-order valence-corrected chi connectivity index (χ3v) is 5.05. The second-order valence-corrected chi connectivity index (χ2v) is 6.62. The van der Waals surface area contributed by atoms with Crippen LogP contribution in [0.15, 0.2) is 30.3 Å². The van der Waals surface area contributed by atoms with E-state index in [1.807, 2.05) is 30.3 Å². The molecule has 1 aromatic rings. The largest absolute Gasteiger partial charge is 0.294 e. The van der Waals surface area contributed by atoms with Crippen molar-refractivity contribution in [3.05, 3.63) is 35.9 Å². The molecule has 0 heterocycles. The maximum atomic E-state index is 11.9. The summed E-state index contributed by atoms with van der Waals surface area (Å²) in [6, 6.07) is 9.27. The Kier molecular flexibility index (Phi) is 5.12. The van der Waals surface area contributed by atoms with E-state index in [2.05, 4.69) is 0 Å². The number of benzene rings is 1. The zero-order valence-corrected chi connectivity index (χ0v) is 11.5. The third kappa shape index (κ3) is 4.05. The second-order valence-electron chi connectivity index (χ2n) is 5.00. The molecule has 1 fully saturated rings. The van der Waals surface area contributed by atoms with E-state index in [9.17, 15) is 9.00 Å². The average molecular weight is 264 g/mol. The first-order valence-corrected chi connectivity index (χ1v) is 8.18. The van der Waals surface area contributed by atoms with Crippen molar-refractivity contribution in [2.45, 2.75) is 32.1 Å². The number of ketones is 1. The molecule has 1 atom stereocenters. The molecule has 3 heteroatoms. The van der Waals surface area contributed by atoms with Crippen LogP contribution in [0.1, 0.15) is 42.5 Å². The molecular weight excluding hydrogens is 244 g/mol. The standard InChI is InChI=1S/C15H20O2S/c16-15(14-8-2-1-3-9-14)10-11-18(17)12-13-6-4-5-7-13/h1-3,8-9,13H,4-7,10-12H2. The molecule has 1 aliphatic carbocycles. The fourth-order valence-electron chi connectivity index (χ4n) is 2.50. The molecule has 1 unspecified atom stereocenters. The van der Waals surface area contributed by atoms with Crippen LogP contribution in [-0.2, 0) is 10.8 Å². The van der Waals surface area contributed by atoms with E-state index < -0.39 is 10.8 Å². The topological polar surface area (TPSA) is 34.1 Å². The summed E-state index contributed by atoms with van der Waals surface area (Å²) < 4.78 is 11.9. The van der Waals surface area contributed by atoms with Crippen LogP contribution >= 0.6 is 0 Å². The van der Waals surface area contributed by atoms with E-state index in [0.29, 0.717) is 18.1 Å². The Morgan fingerprint density at radius 1 is 1.17 bits per heavy atom. The molecule has 0 N–H and O–H groups in total. The second kappa shape index (κ2) is 6.83. The summed E-state index contributed by atoms with van der Waals surface area (Å²) in [5.41, 5.74) is 0.732. The Labute approximate surface area is 111 Å². The number of carbonyl (C=O) groups excluding carboxylic acids is 1. The minimum Gasteiger partial charge on any atom is -0.294 e. The van der Waals surface area contributed by atoms with Gasteiger partial charge >= 0.3 is 0 Å². The molecule has 1 aromatic carbocycles. The van der Waals surface area contributed by atoms with Crippen LogP contribution in [0, 0.1) is 5.92 Å². The summed E-state index contributed by atoms with van der Waals surface area (Å²) in [4.78, 5) is 11.9. The smallest absolute Gasteiger partial charge is 0.163 e. The first-order valence-electron chi connectivity index (χ1n) is 6.69. The van der Waals surface area contributed by atoms with Crippen LogP contribution in [0.25, 0.3) is 0 Å². The quantitative estimate of drug-likeness (QED) is 0.739. The summed E-state index contributed by atoms with van der Waals surface area (Å²) in [5, 5.41) is 0. The van der Waals surface area contributed by atoms with Gasteiger partial charge in [0.2, 0.25) is 0 Å². The lowest BCUT2D eigenvalue weighted by molar-refractivity contribution is 0.0989. The highest BCUT2D eigenvalue weighted by atomic mass is 32.2. The highest BCUT2D eigenvalue weighted by Gasteiger charge is 2.18. The number of hydrogen-bond acceptors (Lipinski definition) is 2. The highest BCUT2D eigenvalue weighted by Crippen LogP contribution is 2.25. The number of Topliss-reactive ketones (excluding diaryl/α,β-unsaturated/α-hetero) is 1. The van der Waals surface area contributed by atoms with E-state index >= 15 is 0 Å². The van der Waals surface area contributed by atoms with Gasteiger partial charge in [-0.05, 0) is 18.8 Å². The molecule has 0 aliphatic heterocycles. The summed E-state index contributed by atoms with van der Waals surface area (Å²) in [5.74, 6) is 2.06. The third-order valence-electron chi connectivity index (χ3n) is 3.55. The van der Waals surface area contributed by atoms with Crippen LogP contribution in [0.2, 0.25) is 0 Å². The molecule has 1 saturated carbocycles. The summed E-state index contributed by atoms with van der Waals surface area (Å²) in [6.07, 6.45) is 5.41. The number of hydrogen-bond donors (Lipinski definition) is 0. The molecule has 2 nitrogen and oxygen atoms in total. The van der Waals surface area contributed by atoms with Crippen molar-refractivity contribution in [3.63, 3.8) is 0 Å². The van der Waals surface area contributed by atoms with E-state index in [1.54, 1.807) is 0 Å². The van der Waals surface area contributed by atoms with Gasteiger partial charge in [0.1, 0.15) is 0 Å². The molecule has 18 heavy (non-hydrogen) atoms. The number of rotatable bonds is 6. The Morgan fingerprint density at radius 2 is 1.83 bits per heavy atom. The predicted octanol–water partition coefficient (Wildman–Crippen LogP) is 3.20. The van der Waals surface area contributed by atoms with Crippen LogP contribution in [-0.4, -0.2) is 21.5 Å². The molecule has 0 bridgehead atoms. The van der Waals surface area contributed by atoms with Gasteiger partial charge < -0.3 is 0 Å². The van der Waals surface area contributed by atoms with Crippen LogP contribution in [0.5, 0.6) is 0 Å². The fraction of sp³-hybridized carbons (Fsp3) is 0.533. The van der Waals surface area contributed by atoms with Gasteiger partial charge in [-0.15, -0.1) is 0 Å². The zero-order chi connectivity index (χ0) is 12.8. The van der Waals surface area contributed by atoms with E-state index in [-0.39, 0.29) is 5.78 Å². The van der Waals surface area contributed by atoms with Gasteiger partial charge in [0, 0.05) is 34.3 Å². The first kappa shape index (κ1) is 13.5. The maximum Gasteiger partial charge on any atom is 0.163 e. The molecule has 0 spiro atoms. The Morgan fingerprint density at radius 3 is 2.50 bits per heavy atom. The molecule has 0 amide bonds. The van der Waals surface area contributed by atoms with Crippen LogP contribution in [0.3, 0.4) is 0 Å². The SMILES string of the molecule is O=C(CCS(=O)CC1CCCC1)c1ccccc1. The van der Waals surface area contributed by atoms with E-state index in [1.165, 1.54) is 25.7 Å². The molecule has 98 valence electrons. The van der Waals surface area contributed by atoms with Crippen molar-refractivity contribution >= 4 is 16.6 Å². The molecule has 2 rings (SSSR count). The summed E-state index contributed by atoms with van der Waals surface area (Å²) in [6.45, 7) is 0.